The van der Waals surface area contributed by atoms with Crippen molar-refractivity contribution in [1.82, 2.24) is 24.0 Å². The first kappa shape index (κ1) is 22.5. The Balaban J connectivity index is 1.71. The summed E-state index contributed by atoms with van der Waals surface area (Å²) in [6.07, 6.45) is 3.48. The number of methoxy groups -OCH3 is 1. The van der Waals surface area contributed by atoms with Crippen LogP contribution in [0, 0.1) is 0 Å². The van der Waals surface area contributed by atoms with Crippen LogP contribution < -0.4 is 10.4 Å². The van der Waals surface area contributed by atoms with Gasteiger partial charge < -0.3 is 4.74 Å². The number of aryl methyl sites for hydroxylation is 1. The molecule has 4 aromatic rings. The van der Waals surface area contributed by atoms with E-state index in [4.69, 9.17) is 4.74 Å². The fourth-order valence-electron chi connectivity index (χ4n) is 4.88. The molecule has 1 aliphatic heterocycles. The first-order valence-corrected chi connectivity index (χ1v) is 11.3. The summed E-state index contributed by atoms with van der Waals surface area (Å²) in [7, 11) is 3.16. The van der Waals surface area contributed by atoms with E-state index in [1.807, 2.05) is 38.1 Å². The highest BCUT2D eigenvalue weighted by molar-refractivity contribution is 6.04. The summed E-state index contributed by atoms with van der Waals surface area (Å²) < 4.78 is 38.7. The average Bonchev–Trinajstić information content (AvgIpc) is 3.08. The number of imidazole rings is 1. The Hall–Kier alpha value is -3.33. The van der Waals surface area contributed by atoms with Gasteiger partial charge in [0.25, 0.3) is 5.92 Å². The lowest BCUT2D eigenvalue weighted by molar-refractivity contribution is -0.109. The second-order valence-electron chi connectivity index (χ2n) is 9.15. The number of hydrogen-bond donors (Lipinski definition) is 0. The monoisotopic (exact) mass is 467 g/mol. The zero-order valence-corrected chi connectivity index (χ0v) is 19.6. The van der Waals surface area contributed by atoms with Crippen LogP contribution in [-0.4, -0.2) is 56.2 Å². The summed E-state index contributed by atoms with van der Waals surface area (Å²) in [4.78, 5) is 23.8. The summed E-state index contributed by atoms with van der Waals surface area (Å²) in [5.74, 6) is -2.55. The van der Waals surface area contributed by atoms with Gasteiger partial charge >= 0.3 is 5.69 Å². The van der Waals surface area contributed by atoms with E-state index in [1.54, 1.807) is 37.5 Å². The van der Waals surface area contributed by atoms with Crippen LogP contribution in [0.3, 0.4) is 0 Å². The van der Waals surface area contributed by atoms with Gasteiger partial charge in [0.05, 0.1) is 36.4 Å². The van der Waals surface area contributed by atoms with Gasteiger partial charge in [0.15, 0.2) is 0 Å². The molecule has 0 saturated carbocycles. The minimum atomic E-state index is -3.05. The molecule has 4 heterocycles. The van der Waals surface area contributed by atoms with Gasteiger partial charge in [-0.15, -0.1) is 0 Å². The molecule has 0 spiro atoms. The molecule has 1 fully saturated rings. The van der Waals surface area contributed by atoms with Crippen molar-refractivity contribution in [2.75, 3.05) is 20.2 Å². The highest BCUT2D eigenvalue weighted by atomic mass is 19.3. The molecule has 178 valence electrons. The number of halogens is 2. The normalized spacial score (nSPS) is 18.7. The highest BCUT2D eigenvalue weighted by Crippen LogP contribution is 2.39. The van der Waals surface area contributed by atoms with Gasteiger partial charge in [-0.3, -0.25) is 19.0 Å². The van der Waals surface area contributed by atoms with Crippen LogP contribution in [0.5, 0.6) is 5.88 Å². The summed E-state index contributed by atoms with van der Waals surface area (Å²) in [6.45, 7) is 3.96. The molecule has 0 amide bonds. The van der Waals surface area contributed by atoms with E-state index in [2.05, 4.69) is 9.97 Å². The Morgan fingerprint density at radius 2 is 1.88 bits per heavy atom. The largest absolute Gasteiger partial charge is 0.481 e. The minimum Gasteiger partial charge on any atom is -0.481 e. The molecule has 0 radical (unpaired) electrons. The lowest BCUT2D eigenvalue weighted by Gasteiger charge is -2.40. The number of alkyl halides is 2. The van der Waals surface area contributed by atoms with Crippen molar-refractivity contribution < 1.29 is 13.5 Å². The van der Waals surface area contributed by atoms with Gasteiger partial charge in [-0.05, 0) is 44.0 Å². The summed E-state index contributed by atoms with van der Waals surface area (Å²) in [6, 6.07) is 8.08. The van der Waals surface area contributed by atoms with Gasteiger partial charge in [-0.2, -0.15) is 0 Å². The molecule has 1 aliphatic rings. The predicted octanol–water partition coefficient (Wildman–Crippen LogP) is 4.25. The van der Waals surface area contributed by atoms with Crippen LogP contribution in [-0.2, 0) is 7.05 Å². The van der Waals surface area contributed by atoms with Crippen molar-refractivity contribution in [2.45, 2.75) is 38.3 Å². The molecule has 5 rings (SSSR count). The van der Waals surface area contributed by atoms with Crippen molar-refractivity contribution in [3.8, 4) is 17.0 Å². The van der Waals surface area contributed by atoms with Crippen LogP contribution in [0.4, 0.5) is 8.78 Å². The third kappa shape index (κ3) is 3.55. The first-order chi connectivity index (χ1) is 16.2. The van der Waals surface area contributed by atoms with Gasteiger partial charge in [0.1, 0.15) is 6.04 Å². The van der Waals surface area contributed by atoms with Crippen molar-refractivity contribution in [2.24, 2.45) is 7.05 Å². The predicted molar refractivity (Wildman–Crippen MR) is 128 cm³/mol. The van der Waals surface area contributed by atoms with Crippen LogP contribution in [0.2, 0.25) is 0 Å². The van der Waals surface area contributed by atoms with E-state index in [0.717, 1.165) is 11.1 Å². The van der Waals surface area contributed by atoms with E-state index in [-0.39, 0.29) is 19.0 Å². The van der Waals surface area contributed by atoms with Crippen LogP contribution in [0.15, 0.2) is 47.5 Å². The fourth-order valence-corrected chi connectivity index (χ4v) is 4.88. The third-order valence-electron chi connectivity index (χ3n) is 6.83. The number of benzene rings is 1. The van der Waals surface area contributed by atoms with Gasteiger partial charge in [-0.25, -0.2) is 18.6 Å². The number of hydrogen-bond acceptors (Lipinski definition) is 5. The molecule has 0 unspecified atom stereocenters. The zero-order valence-electron chi connectivity index (χ0n) is 19.6. The molecule has 1 aromatic carbocycles. The molecule has 1 saturated heterocycles. The van der Waals surface area contributed by atoms with Crippen molar-refractivity contribution >= 4 is 21.9 Å². The summed E-state index contributed by atoms with van der Waals surface area (Å²) in [5.41, 5.74) is 2.90. The fraction of sp³-hybridized carbons (Fsp3) is 0.400. The molecular formula is C25H27F2N5O2. The molecule has 0 aliphatic carbocycles. The van der Waals surface area contributed by atoms with Crippen LogP contribution in [0.1, 0.15) is 26.3 Å². The van der Waals surface area contributed by atoms with E-state index >= 15 is 8.78 Å². The van der Waals surface area contributed by atoms with Crippen LogP contribution >= 0.6 is 0 Å². The zero-order chi connectivity index (χ0) is 24.2. The third-order valence-corrected chi connectivity index (χ3v) is 6.83. The van der Waals surface area contributed by atoms with Gasteiger partial charge in [-0.1, -0.05) is 6.07 Å². The van der Waals surface area contributed by atoms with E-state index in [1.165, 1.54) is 9.13 Å². The second-order valence-corrected chi connectivity index (χ2v) is 9.15. The molecule has 0 bridgehead atoms. The Morgan fingerprint density at radius 3 is 2.53 bits per heavy atom. The number of piperidine rings is 1. The van der Waals surface area contributed by atoms with Gasteiger partial charge in [0, 0.05) is 42.8 Å². The van der Waals surface area contributed by atoms with Crippen molar-refractivity contribution in [3.05, 3.63) is 53.2 Å². The molecule has 34 heavy (non-hydrogen) atoms. The maximum absolute atomic E-state index is 15.5. The average molecular weight is 468 g/mol. The van der Waals surface area contributed by atoms with E-state index in [9.17, 15) is 4.79 Å². The quantitative estimate of drug-likeness (QED) is 0.449. The number of nitrogens with zero attached hydrogens (tertiary/aromatic N) is 5. The molecule has 0 N–H and O–H groups in total. The summed E-state index contributed by atoms with van der Waals surface area (Å²) >= 11 is 0. The number of aromatic nitrogens is 4. The smallest absolute Gasteiger partial charge is 0.329 e. The number of likely N-dealkylation sites (tertiary alicyclic amines) is 1. The Labute approximate surface area is 195 Å². The molecule has 1 atom stereocenters. The van der Waals surface area contributed by atoms with Crippen LogP contribution in [0.25, 0.3) is 33.1 Å². The maximum Gasteiger partial charge on any atom is 0.329 e. The standard InChI is InChI=1S/C25H27F2N5O2/c1-15(2)31-10-9-21(25(26,27)14-31)32-23-18-11-16(17-6-8-22(34-4)29-12-17)5-7-19(18)28-13-20(23)30(3)24(32)33/h5-8,11-13,15,21H,9-10,14H2,1-4H3/t21-/m1/s1. The maximum atomic E-state index is 15.5. The Morgan fingerprint density at radius 1 is 1.12 bits per heavy atom. The molecule has 7 nitrogen and oxygen atoms in total. The van der Waals surface area contributed by atoms with E-state index < -0.39 is 17.7 Å². The Kier molecular flexibility index (Phi) is 5.39. The number of ether oxygens (including phenoxy) is 1. The lowest BCUT2D eigenvalue weighted by atomic mass is 9.98. The van der Waals surface area contributed by atoms with Gasteiger partial charge in [0.2, 0.25) is 5.88 Å². The number of pyridine rings is 2. The minimum absolute atomic E-state index is 0.0155. The molecular weight excluding hydrogens is 440 g/mol. The number of rotatable bonds is 4. The van der Waals surface area contributed by atoms with E-state index in [0.29, 0.717) is 34.4 Å². The Bertz CT molecular complexity index is 1430. The molecule has 3 aromatic heterocycles. The topological polar surface area (TPSA) is 65.2 Å². The molecule has 9 heteroatoms. The van der Waals surface area contributed by atoms with Crippen molar-refractivity contribution in [1.29, 1.82) is 0 Å². The van der Waals surface area contributed by atoms with Crippen molar-refractivity contribution in [3.63, 3.8) is 0 Å². The lowest BCUT2D eigenvalue weighted by Crippen LogP contribution is -2.52. The first-order valence-electron chi connectivity index (χ1n) is 11.3. The SMILES string of the molecule is COc1ccc(-c2ccc3ncc4c(c3c2)n([C@@H]2CCN(C(C)C)CC2(F)F)c(=O)n4C)cn1. The summed E-state index contributed by atoms with van der Waals surface area (Å²) in [5, 5.41) is 0.658. The second kappa shape index (κ2) is 8.16. The highest BCUT2D eigenvalue weighted by Gasteiger charge is 2.47. The number of fused-ring (bicyclic) bond motifs is 3.